The molecule has 20 heavy (non-hydrogen) atoms. The number of nitrogen functional groups attached to an aromatic ring is 1. The van der Waals surface area contributed by atoms with Gasteiger partial charge in [0.1, 0.15) is 17.2 Å². The van der Waals surface area contributed by atoms with E-state index in [1.165, 1.54) is 35.0 Å². The fourth-order valence-corrected chi connectivity index (χ4v) is 1.61. The van der Waals surface area contributed by atoms with E-state index in [-0.39, 0.29) is 17.3 Å². The van der Waals surface area contributed by atoms with E-state index in [0.29, 0.717) is 5.69 Å². The highest BCUT2D eigenvalue weighted by atomic mass is 19.1. The number of nitrogens with zero attached hydrogens (tertiary/aromatic N) is 2. The van der Waals surface area contributed by atoms with E-state index in [2.05, 4.69) is 5.10 Å². The van der Waals surface area contributed by atoms with Crippen LogP contribution in [0, 0.1) is 5.82 Å². The third kappa shape index (κ3) is 3.14. The minimum Gasteiger partial charge on any atom is -0.455 e. The van der Waals surface area contributed by atoms with E-state index < -0.39 is 11.6 Å². The molecule has 106 valence electrons. The van der Waals surface area contributed by atoms with Gasteiger partial charge in [-0.1, -0.05) is 0 Å². The van der Waals surface area contributed by atoms with Crippen LogP contribution >= 0.6 is 0 Å². The highest BCUT2D eigenvalue weighted by Crippen LogP contribution is 2.17. The molecule has 1 aromatic carbocycles. The molecule has 0 aliphatic rings. The first kappa shape index (κ1) is 14.0. The van der Waals surface area contributed by atoms with Gasteiger partial charge < -0.3 is 10.5 Å². The summed E-state index contributed by atoms with van der Waals surface area (Å²) in [6, 6.07) is 7.07. The summed E-state index contributed by atoms with van der Waals surface area (Å²) in [4.78, 5) is 11.9. The molecular weight excluding hydrogens is 261 g/mol. The van der Waals surface area contributed by atoms with E-state index in [1.807, 2.05) is 0 Å². The minimum atomic E-state index is -0.606. The monoisotopic (exact) mass is 277 g/mol. The number of carbonyl (C=O) groups is 1. The number of anilines is 1. The van der Waals surface area contributed by atoms with Gasteiger partial charge in [0, 0.05) is 6.07 Å². The molecule has 2 N–H and O–H groups in total. The molecule has 5 nitrogen and oxygen atoms in total. The molecule has 0 fully saturated rings. The van der Waals surface area contributed by atoms with Gasteiger partial charge in [-0.2, -0.15) is 5.10 Å². The molecule has 0 bridgehead atoms. The fourth-order valence-electron chi connectivity index (χ4n) is 1.61. The van der Waals surface area contributed by atoms with Crippen molar-refractivity contribution < 1.29 is 13.9 Å². The van der Waals surface area contributed by atoms with Gasteiger partial charge in [0.05, 0.1) is 5.69 Å². The molecule has 0 spiro atoms. The number of nitrogens with two attached hydrogens (primary N) is 1. The molecule has 0 aliphatic heterocycles. The van der Waals surface area contributed by atoms with Gasteiger partial charge in [-0.25, -0.2) is 13.9 Å². The molecule has 0 atom stereocenters. The fraction of sp³-hybridized carbons (Fsp3) is 0.286. The van der Waals surface area contributed by atoms with Gasteiger partial charge in [0.25, 0.3) is 0 Å². The average Bonchev–Trinajstić information content (AvgIpc) is 2.70. The molecule has 0 unspecified atom stereocenters. The van der Waals surface area contributed by atoms with Crippen LogP contribution in [0.5, 0.6) is 0 Å². The highest BCUT2D eigenvalue weighted by Gasteiger charge is 2.21. The van der Waals surface area contributed by atoms with Gasteiger partial charge in [0.15, 0.2) is 5.69 Å². The summed E-state index contributed by atoms with van der Waals surface area (Å²) in [6.07, 6.45) is 0. The number of hydrogen-bond donors (Lipinski definition) is 1. The molecule has 0 amide bonds. The van der Waals surface area contributed by atoms with Crippen molar-refractivity contribution in [1.29, 1.82) is 0 Å². The molecule has 0 radical (unpaired) electrons. The predicted molar refractivity (Wildman–Crippen MR) is 73.1 cm³/mol. The SMILES string of the molecule is CC(C)(C)OC(=O)c1cc(N)n(-c2ccc(F)cc2)n1. The van der Waals surface area contributed by atoms with Crippen molar-refractivity contribution in [2.45, 2.75) is 26.4 Å². The minimum absolute atomic E-state index is 0.113. The van der Waals surface area contributed by atoms with Crippen molar-refractivity contribution in [2.24, 2.45) is 0 Å². The van der Waals surface area contributed by atoms with E-state index in [9.17, 15) is 9.18 Å². The lowest BCUT2D eigenvalue weighted by Gasteiger charge is -2.18. The molecule has 0 saturated heterocycles. The van der Waals surface area contributed by atoms with Crippen LogP contribution in [0.4, 0.5) is 10.2 Å². The Labute approximate surface area is 116 Å². The van der Waals surface area contributed by atoms with Crippen molar-refractivity contribution in [3.63, 3.8) is 0 Å². The second kappa shape index (κ2) is 4.96. The molecule has 2 rings (SSSR count). The van der Waals surface area contributed by atoms with Crippen LogP contribution in [0.2, 0.25) is 0 Å². The van der Waals surface area contributed by atoms with Crippen LogP contribution in [0.1, 0.15) is 31.3 Å². The maximum atomic E-state index is 12.9. The number of benzene rings is 1. The molecule has 0 saturated carbocycles. The van der Waals surface area contributed by atoms with Crippen LogP contribution < -0.4 is 5.73 Å². The molecule has 6 heteroatoms. The number of ether oxygens (including phenoxy) is 1. The number of hydrogen-bond acceptors (Lipinski definition) is 4. The Morgan fingerprint density at radius 3 is 2.45 bits per heavy atom. The van der Waals surface area contributed by atoms with Gasteiger partial charge in [0.2, 0.25) is 0 Å². The van der Waals surface area contributed by atoms with Crippen LogP contribution in [0.3, 0.4) is 0 Å². The van der Waals surface area contributed by atoms with E-state index in [4.69, 9.17) is 10.5 Å². The summed E-state index contributed by atoms with van der Waals surface area (Å²) in [5, 5.41) is 4.09. The Hall–Kier alpha value is -2.37. The number of halogens is 1. The smallest absolute Gasteiger partial charge is 0.359 e. The van der Waals surface area contributed by atoms with E-state index >= 15 is 0 Å². The Balaban J connectivity index is 2.30. The maximum absolute atomic E-state index is 12.9. The third-order valence-corrected chi connectivity index (χ3v) is 2.42. The maximum Gasteiger partial charge on any atom is 0.359 e. The van der Waals surface area contributed by atoms with E-state index in [1.54, 1.807) is 20.8 Å². The topological polar surface area (TPSA) is 70.1 Å². The van der Waals surface area contributed by atoms with Crippen molar-refractivity contribution in [1.82, 2.24) is 9.78 Å². The zero-order valence-corrected chi connectivity index (χ0v) is 11.6. The van der Waals surface area contributed by atoms with Gasteiger partial charge in [-0.3, -0.25) is 0 Å². The highest BCUT2D eigenvalue weighted by molar-refractivity contribution is 5.88. The zero-order valence-electron chi connectivity index (χ0n) is 11.6. The molecule has 1 aromatic heterocycles. The second-order valence-electron chi connectivity index (χ2n) is 5.34. The summed E-state index contributed by atoms with van der Waals surface area (Å²) in [6.45, 7) is 5.31. The summed E-state index contributed by atoms with van der Waals surface area (Å²) < 4.78 is 19.5. The Kier molecular flexibility index (Phi) is 3.48. The van der Waals surface area contributed by atoms with Gasteiger partial charge in [-0.15, -0.1) is 0 Å². The van der Waals surface area contributed by atoms with Crippen LogP contribution in [0.25, 0.3) is 5.69 Å². The summed E-state index contributed by atoms with van der Waals surface area (Å²) >= 11 is 0. The zero-order chi connectivity index (χ0) is 14.9. The second-order valence-corrected chi connectivity index (χ2v) is 5.34. The Bertz CT molecular complexity index is 627. The predicted octanol–water partition coefficient (Wildman–Crippen LogP) is 2.55. The summed E-state index contributed by atoms with van der Waals surface area (Å²) in [5.74, 6) is -0.630. The van der Waals surface area contributed by atoms with E-state index in [0.717, 1.165) is 0 Å². The van der Waals surface area contributed by atoms with Crippen molar-refractivity contribution in [3.8, 4) is 5.69 Å². The van der Waals surface area contributed by atoms with Crippen LogP contribution in [-0.4, -0.2) is 21.4 Å². The van der Waals surface area contributed by atoms with Crippen LogP contribution in [0.15, 0.2) is 30.3 Å². The first-order chi connectivity index (χ1) is 9.26. The first-order valence-corrected chi connectivity index (χ1v) is 6.11. The molecular formula is C14H16FN3O2. The van der Waals surface area contributed by atoms with Crippen LogP contribution in [-0.2, 0) is 4.74 Å². The summed E-state index contributed by atoms with van der Waals surface area (Å²) in [7, 11) is 0. The quantitative estimate of drug-likeness (QED) is 0.856. The van der Waals surface area contributed by atoms with Crippen molar-refractivity contribution in [3.05, 3.63) is 41.8 Å². The molecule has 0 aliphatic carbocycles. The first-order valence-electron chi connectivity index (χ1n) is 6.11. The Morgan fingerprint density at radius 2 is 1.90 bits per heavy atom. The number of esters is 1. The normalized spacial score (nSPS) is 11.4. The van der Waals surface area contributed by atoms with Gasteiger partial charge in [-0.05, 0) is 45.0 Å². The van der Waals surface area contributed by atoms with Gasteiger partial charge >= 0.3 is 5.97 Å². The van der Waals surface area contributed by atoms with Crippen molar-refractivity contribution in [2.75, 3.05) is 5.73 Å². The largest absolute Gasteiger partial charge is 0.455 e. The lowest BCUT2D eigenvalue weighted by Crippen LogP contribution is -2.24. The number of carbonyl (C=O) groups excluding carboxylic acids is 1. The lowest BCUT2D eigenvalue weighted by molar-refractivity contribution is 0.00624. The lowest BCUT2D eigenvalue weighted by atomic mass is 10.2. The number of rotatable bonds is 2. The third-order valence-electron chi connectivity index (χ3n) is 2.42. The molecule has 1 heterocycles. The number of aromatic nitrogens is 2. The Morgan fingerprint density at radius 1 is 1.30 bits per heavy atom. The summed E-state index contributed by atoms with van der Waals surface area (Å²) in [5.41, 5.74) is 5.89. The molecule has 2 aromatic rings. The van der Waals surface area contributed by atoms with Crippen molar-refractivity contribution >= 4 is 11.8 Å². The standard InChI is InChI=1S/C14H16FN3O2/c1-14(2,3)20-13(19)11-8-12(16)18(17-11)10-6-4-9(15)5-7-10/h4-8H,16H2,1-3H3. The average molecular weight is 277 g/mol.